The summed E-state index contributed by atoms with van der Waals surface area (Å²) in [4.78, 5) is 27.3. The fraction of sp³-hybridized carbons (Fsp3) is 0.333. The smallest absolute Gasteiger partial charge is 0.228 e. The molecule has 7 heteroatoms. The number of amides is 1. The molecule has 1 aromatic carbocycles. The lowest BCUT2D eigenvalue weighted by Crippen LogP contribution is -2.36. The molecule has 3 heterocycles. The van der Waals surface area contributed by atoms with Crippen LogP contribution < -0.4 is 0 Å². The van der Waals surface area contributed by atoms with Crippen LogP contribution in [0.4, 0.5) is 0 Å². The number of rotatable bonds is 6. The molecule has 2 aromatic heterocycles. The highest BCUT2D eigenvalue weighted by molar-refractivity contribution is 5.76. The van der Waals surface area contributed by atoms with Crippen molar-refractivity contribution in [2.75, 3.05) is 13.7 Å². The van der Waals surface area contributed by atoms with E-state index in [0.717, 1.165) is 22.7 Å². The molecule has 0 saturated heterocycles. The number of ether oxygens (including phenoxy) is 1. The second-order valence-corrected chi connectivity index (χ2v) is 6.71. The largest absolute Gasteiger partial charge is 0.442 e. The summed E-state index contributed by atoms with van der Waals surface area (Å²) >= 11 is 0. The number of benzene rings is 1. The van der Waals surface area contributed by atoms with Crippen LogP contribution in [0.5, 0.6) is 0 Å². The molecule has 0 saturated carbocycles. The van der Waals surface area contributed by atoms with Crippen LogP contribution in [-0.4, -0.2) is 39.4 Å². The third kappa shape index (κ3) is 3.94. The van der Waals surface area contributed by atoms with Gasteiger partial charge in [-0.15, -0.1) is 0 Å². The maximum Gasteiger partial charge on any atom is 0.228 e. The number of fused-ring (bicyclic) bond motifs is 1. The summed E-state index contributed by atoms with van der Waals surface area (Å²) in [5, 5.41) is 0. The van der Waals surface area contributed by atoms with E-state index in [9.17, 15) is 4.79 Å². The summed E-state index contributed by atoms with van der Waals surface area (Å²) in [6.07, 6.45) is 6.26. The van der Waals surface area contributed by atoms with Crippen LogP contribution in [0.15, 0.2) is 53.3 Å². The Morgan fingerprint density at radius 2 is 2.14 bits per heavy atom. The van der Waals surface area contributed by atoms with Crippen LogP contribution in [0.1, 0.15) is 41.1 Å². The van der Waals surface area contributed by atoms with Crippen molar-refractivity contribution >= 4 is 5.91 Å². The predicted octanol–water partition coefficient (Wildman–Crippen LogP) is 2.72. The molecule has 0 aliphatic carbocycles. The standard InChI is InChI=1S/C21H22N4O3/c1-27-20(15-5-3-2-4-6-15)21-24-17-14-25(12-9-18(17)28-21)19(26)8-7-16-13-22-10-11-23-16/h2-6,10-11,13,20H,7-9,12,14H2,1H3. The molecule has 1 aliphatic heterocycles. The fourth-order valence-electron chi connectivity index (χ4n) is 3.40. The van der Waals surface area contributed by atoms with Gasteiger partial charge in [-0.2, -0.15) is 0 Å². The Kier molecular flexibility index (Phi) is 5.43. The van der Waals surface area contributed by atoms with Gasteiger partial charge in [-0.25, -0.2) is 4.98 Å². The number of aromatic nitrogens is 3. The third-order valence-corrected chi connectivity index (χ3v) is 4.87. The number of nitrogens with zero attached hydrogens (tertiary/aromatic N) is 4. The van der Waals surface area contributed by atoms with E-state index >= 15 is 0 Å². The summed E-state index contributed by atoms with van der Waals surface area (Å²) in [6.45, 7) is 1.09. The Hall–Kier alpha value is -3.06. The lowest BCUT2D eigenvalue weighted by Gasteiger charge is -2.25. The number of hydrogen-bond acceptors (Lipinski definition) is 6. The minimum absolute atomic E-state index is 0.0900. The van der Waals surface area contributed by atoms with Crippen molar-refractivity contribution in [1.29, 1.82) is 0 Å². The molecule has 3 aromatic rings. The van der Waals surface area contributed by atoms with E-state index in [1.54, 1.807) is 25.7 Å². The SMILES string of the molecule is COC(c1ccccc1)c1nc2c(o1)CCN(C(=O)CCc1cnccn1)C2. The van der Waals surface area contributed by atoms with Gasteiger partial charge in [0.25, 0.3) is 0 Å². The zero-order valence-electron chi connectivity index (χ0n) is 15.7. The molecular formula is C21H22N4O3. The molecule has 7 nitrogen and oxygen atoms in total. The van der Waals surface area contributed by atoms with Crippen LogP contribution in [0.25, 0.3) is 0 Å². The lowest BCUT2D eigenvalue weighted by atomic mass is 10.1. The molecule has 1 unspecified atom stereocenters. The van der Waals surface area contributed by atoms with Gasteiger partial charge in [-0.3, -0.25) is 14.8 Å². The first-order valence-electron chi connectivity index (χ1n) is 9.33. The van der Waals surface area contributed by atoms with E-state index in [1.165, 1.54) is 0 Å². The van der Waals surface area contributed by atoms with Crippen molar-refractivity contribution in [2.24, 2.45) is 0 Å². The van der Waals surface area contributed by atoms with E-state index in [-0.39, 0.29) is 12.0 Å². The Balaban J connectivity index is 1.43. The second-order valence-electron chi connectivity index (χ2n) is 6.71. The number of methoxy groups -OCH3 is 1. The third-order valence-electron chi connectivity index (χ3n) is 4.87. The summed E-state index contributed by atoms with van der Waals surface area (Å²) in [7, 11) is 1.64. The summed E-state index contributed by atoms with van der Waals surface area (Å²) in [6, 6.07) is 9.85. The number of oxazole rings is 1. The quantitative estimate of drug-likeness (QED) is 0.656. The van der Waals surface area contributed by atoms with E-state index in [2.05, 4.69) is 15.0 Å². The molecule has 1 amide bonds. The molecule has 1 atom stereocenters. The molecule has 28 heavy (non-hydrogen) atoms. The number of aryl methyl sites for hydroxylation is 1. The topological polar surface area (TPSA) is 81.4 Å². The second kappa shape index (κ2) is 8.31. The van der Waals surface area contributed by atoms with Crippen LogP contribution in [-0.2, 0) is 28.9 Å². The van der Waals surface area contributed by atoms with Gasteiger partial charge in [0.05, 0.1) is 12.2 Å². The molecule has 4 rings (SSSR count). The highest BCUT2D eigenvalue weighted by Crippen LogP contribution is 2.29. The number of hydrogen-bond donors (Lipinski definition) is 0. The molecular weight excluding hydrogens is 356 g/mol. The minimum Gasteiger partial charge on any atom is -0.442 e. The van der Waals surface area contributed by atoms with Crippen molar-refractivity contribution in [2.45, 2.75) is 31.9 Å². The first-order chi connectivity index (χ1) is 13.7. The Morgan fingerprint density at radius 1 is 1.29 bits per heavy atom. The Bertz CT molecular complexity index is 927. The Morgan fingerprint density at radius 3 is 2.89 bits per heavy atom. The normalized spacial score (nSPS) is 14.5. The highest BCUT2D eigenvalue weighted by atomic mass is 16.5. The summed E-state index contributed by atoms with van der Waals surface area (Å²) in [5.74, 6) is 1.46. The first-order valence-corrected chi connectivity index (χ1v) is 9.33. The van der Waals surface area contributed by atoms with Gasteiger partial charge in [0, 0.05) is 45.1 Å². The van der Waals surface area contributed by atoms with Gasteiger partial charge < -0.3 is 14.1 Å². The van der Waals surface area contributed by atoms with Crippen molar-refractivity contribution < 1.29 is 13.9 Å². The van der Waals surface area contributed by atoms with E-state index in [4.69, 9.17) is 9.15 Å². The molecule has 0 bridgehead atoms. The van der Waals surface area contributed by atoms with Crippen LogP contribution in [0.3, 0.4) is 0 Å². The van der Waals surface area contributed by atoms with Crippen molar-refractivity contribution in [3.8, 4) is 0 Å². The maximum atomic E-state index is 12.6. The average Bonchev–Trinajstić information content (AvgIpc) is 3.17. The molecule has 0 radical (unpaired) electrons. The minimum atomic E-state index is -0.354. The van der Waals surface area contributed by atoms with Crippen molar-refractivity contribution in [3.05, 3.63) is 77.5 Å². The molecule has 144 valence electrons. The fourth-order valence-corrected chi connectivity index (χ4v) is 3.40. The van der Waals surface area contributed by atoms with Gasteiger partial charge in [-0.1, -0.05) is 30.3 Å². The first kappa shape index (κ1) is 18.3. The van der Waals surface area contributed by atoms with E-state index < -0.39 is 0 Å². The molecule has 1 aliphatic rings. The Labute approximate surface area is 163 Å². The molecule has 0 spiro atoms. The number of carbonyl (C=O) groups excluding carboxylic acids is 1. The van der Waals surface area contributed by atoms with Gasteiger partial charge in [0.2, 0.25) is 11.8 Å². The van der Waals surface area contributed by atoms with Gasteiger partial charge in [0.1, 0.15) is 11.5 Å². The van der Waals surface area contributed by atoms with Crippen LogP contribution in [0.2, 0.25) is 0 Å². The maximum absolute atomic E-state index is 12.6. The van der Waals surface area contributed by atoms with Crippen molar-refractivity contribution in [1.82, 2.24) is 19.9 Å². The summed E-state index contributed by atoms with van der Waals surface area (Å²) < 4.78 is 11.6. The monoisotopic (exact) mass is 378 g/mol. The summed E-state index contributed by atoms with van der Waals surface area (Å²) in [5.41, 5.74) is 2.62. The zero-order valence-corrected chi connectivity index (χ0v) is 15.7. The zero-order chi connectivity index (χ0) is 19.3. The highest BCUT2D eigenvalue weighted by Gasteiger charge is 2.28. The number of carbonyl (C=O) groups is 1. The van der Waals surface area contributed by atoms with E-state index in [0.29, 0.717) is 38.2 Å². The van der Waals surface area contributed by atoms with Gasteiger partial charge in [0.15, 0.2) is 6.10 Å². The van der Waals surface area contributed by atoms with Crippen LogP contribution in [0, 0.1) is 0 Å². The molecule has 0 fully saturated rings. The molecule has 0 N–H and O–H groups in total. The predicted molar refractivity (Wildman–Crippen MR) is 101 cm³/mol. The van der Waals surface area contributed by atoms with E-state index in [1.807, 2.05) is 35.2 Å². The van der Waals surface area contributed by atoms with Crippen LogP contribution >= 0.6 is 0 Å². The van der Waals surface area contributed by atoms with Crippen molar-refractivity contribution in [3.63, 3.8) is 0 Å². The average molecular weight is 378 g/mol. The van der Waals surface area contributed by atoms with Gasteiger partial charge in [-0.05, 0) is 12.0 Å². The lowest BCUT2D eigenvalue weighted by molar-refractivity contribution is -0.132. The van der Waals surface area contributed by atoms with Gasteiger partial charge >= 0.3 is 0 Å².